The van der Waals surface area contributed by atoms with Crippen LogP contribution in [0.1, 0.15) is 10.4 Å². The van der Waals surface area contributed by atoms with Crippen LogP contribution in [0.25, 0.3) is 22.2 Å². The van der Waals surface area contributed by atoms with Crippen molar-refractivity contribution in [3.05, 3.63) is 62.7 Å². The number of benzene rings is 2. The largest absolute Gasteiger partial charge is 0.478 e. The number of rotatable bonds is 2. The summed E-state index contributed by atoms with van der Waals surface area (Å²) in [6.07, 6.45) is 0. The Morgan fingerprint density at radius 1 is 1.10 bits per heavy atom. The standard InChI is InChI=1S/C16H9ClINO2/c17-10-3-6-12-13(16(20)21)8-14(19-15(12)7-10)9-1-4-11(18)5-2-9/h1-8H,(H,20,21). The Morgan fingerprint density at radius 3 is 2.48 bits per heavy atom. The third-order valence-corrected chi connectivity index (χ3v) is 4.10. The fourth-order valence-corrected chi connectivity index (χ4v) is 2.67. The van der Waals surface area contributed by atoms with Crippen molar-refractivity contribution >= 4 is 51.1 Å². The molecule has 0 atom stereocenters. The smallest absolute Gasteiger partial charge is 0.336 e. The van der Waals surface area contributed by atoms with Gasteiger partial charge in [-0.05, 0) is 52.9 Å². The Labute approximate surface area is 139 Å². The number of aromatic carboxylic acids is 1. The summed E-state index contributed by atoms with van der Waals surface area (Å²) in [7, 11) is 0. The van der Waals surface area contributed by atoms with Crippen molar-refractivity contribution < 1.29 is 9.90 Å². The SMILES string of the molecule is O=C(O)c1cc(-c2ccc(I)cc2)nc2cc(Cl)ccc12. The molecular weight excluding hydrogens is 401 g/mol. The molecule has 0 amide bonds. The van der Waals surface area contributed by atoms with E-state index in [0.29, 0.717) is 21.6 Å². The van der Waals surface area contributed by atoms with Crippen molar-refractivity contribution in [1.82, 2.24) is 4.98 Å². The molecule has 5 heteroatoms. The summed E-state index contributed by atoms with van der Waals surface area (Å²) in [5.74, 6) is -0.975. The molecule has 0 aliphatic carbocycles. The summed E-state index contributed by atoms with van der Waals surface area (Å²) in [6, 6.07) is 14.4. The maximum atomic E-state index is 11.5. The minimum absolute atomic E-state index is 0.227. The fraction of sp³-hybridized carbons (Fsp3) is 0. The van der Waals surface area contributed by atoms with Gasteiger partial charge in [-0.3, -0.25) is 0 Å². The molecule has 104 valence electrons. The summed E-state index contributed by atoms with van der Waals surface area (Å²) < 4.78 is 1.11. The van der Waals surface area contributed by atoms with Crippen LogP contribution in [0.3, 0.4) is 0 Å². The molecule has 0 aliphatic rings. The highest BCUT2D eigenvalue weighted by molar-refractivity contribution is 14.1. The minimum Gasteiger partial charge on any atom is -0.478 e. The normalized spacial score (nSPS) is 10.8. The van der Waals surface area contributed by atoms with Crippen LogP contribution in [0.2, 0.25) is 5.02 Å². The molecule has 0 saturated carbocycles. The number of halogens is 2. The highest BCUT2D eigenvalue weighted by atomic mass is 127. The third kappa shape index (κ3) is 2.87. The number of carbonyl (C=O) groups is 1. The Hall–Kier alpha value is -1.66. The summed E-state index contributed by atoms with van der Waals surface area (Å²) >= 11 is 8.20. The predicted octanol–water partition coefficient (Wildman–Crippen LogP) is 4.86. The first kappa shape index (κ1) is 14.3. The lowest BCUT2D eigenvalue weighted by Gasteiger charge is -2.07. The van der Waals surface area contributed by atoms with E-state index in [2.05, 4.69) is 27.6 Å². The van der Waals surface area contributed by atoms with Crippen LogP contribution in [-0.4, -0.2) is 16.1 Å². The van der Waals surface area contributed by atoms with E-state index < -0.39 is 5.97 Å². The molecule has 0 spiro atoms. The first-order valence-corrected chi connectivity index (χ1v) is 7.60. The van der Waals surface area contributed by atoms with Crippen LogP contribution < -0.4 is 0 Å². The molecule has 0 aliphatic heterocycles. The predicted molar refractivity (Wildman–Crippen MR) is 91.9 cm³/mol. The molecule has 0 saturated heterocycles. The summed E-state index contributed by atoms with van der Waals surface area (Å²) in [5.41, 5.74) is 2.31. The highest BCUT2D eigenvalue weighted by Gasteiger charge is 2.13. The maximum Gasteiger partial charge on any atom is 0.336 e. The fourth-order valence-electron chi connectivity index (χ4n) is 2.15. The molecule has 0 unspecified atom stereocenters. The van der Waals surface area contributed by atoms with Gasteiger partial charge >= 0.3 is 5.97 Å². The van der Waals surface area contributed by atoms with Gasteiger partial charge in [-0.25, -0.2) is 9.78 Å². The number of pyridine rings is 1. The van der Waals surface area contributed by atoms with Crippen LogP contribution in [0, 0.1) is 3.57 Å². The van der Waals surface area contributed by atoms with Crippen LogP contribution in [0.15, 0.2) is 48.5 Å². The van der Waals surface area contributed by atoms with E-state index in [0.717, 1.165) is 9.13 Å². The summed E-state index contributed by atoms with van der Waals surface area (Å²) in [6.45, 7) is 0. The Morgan fingerprint density at radius 2 is 1.81 bits per heavy atom. The zero-order valence-corrected chi connectivity index (χ0v) is 13.6. The van der Waals surface area contributed by atoms with E-state index in [1.807, 2.05) is 24.3 Å². The molecule has 1 heterocycles. The Bertz CT molecular complexity index is 847. The van der Waals surface area contributed by atoms with Gasteiger partial charge in [0.15, 0.2) is 0 Å². The third-order valence-electron chi connectivity index (χ3n) is 3.14. The number of carboxylic acid groups (broad SMARTS) is 1. The van der Waals surface area contributed by atoms with Crippen LogP contribution >= 0.6 is 34.2 Å². The van der Waals surface area contributed by atoms with Crippen molar-refractivity contribution in [3.8, 4) is 11.3 Å². The van der Waals surface area contributed by atoms with Crippen molar-refractivity contribution in [3.63, 3.8) is 0 Å². The molecule has 1 aromatic heterocycles. The van der Waals surface area contributed by atoms with Gasteiger partial charge in [0.25, 0.3) is 0 Å². The van der Waals surface area contributed by atoms with Crippen molar-refractivity contribution in [2.45, 2.75) is 0 Å². The molecule has 0 fully saturated rings. The zero-order valence-electron chi connectivity index (χ0n) is 10.7. The van der Waals surface area contributed by atoms with Crippen LogP contribution in [0.4, 0.5) is 0 Å². The second-order valence-electron chi connectivity index (χ2n) is 4.53. The van der Waals surface area contributed by atoms with E-state index in [1.165, 1.54) is 0 Å². The average Bonchev–Trinajstić information content (AvgIpc) is 2.46. The number of fused-ring (bicyclic) bond motifs is 1. The number of nitrogens with zero attached hydrogens (tertiary/aromatic N) is 1. The second-order valence-corrected chi connectivity index (χ2v) is 6.21. The molecule has 0 bridgehead atoms. The number of carboxylic acids is 1. The van der Waals surface area contributed by atoms with E-state index in [1.54, 1.807) is 24.3 Å². The van der Waals surface area contributed by atoms with E-state index >= 15 is 0 Å². The average molecular weight is 410 g/mol. The molecule has 3 rings (SSSR count). The van der Waals surface area contributed by atoms with Gasteiger partial charge in [-0.15, -0.1) is 0 Å². The van der Waals surface area contributed by atoms with Gasteiger partial charge in [0.2, 0.25) is 0 Å². The second kappa shape index (κ2) is 5.61. The Kier molecular flexibility index (Phi) is 3.82. The first-order chi connectivity index (χ1) is 10.0. The lowest BCUT2D eigenvalue weighted by Crippen LogP contribution is -2.00. The van der Waals surface area contributed by atoms with E-state index in [4.69, 9.17) is 11.6 Å². The van der Waals surface area contributed by atoms with E-state index in [-0.39, 0.29) is 5.56 Å². The van der Waals surface area contributed by atoms with Crippen LogP contribution in [-0.2, 0) is 0 Å². The topological polar surface area (TPSA) is 50.2 Å². The van der Waals surface area contributed by atoms with Gasteiger partial charge in [-0.1, -0.05) is 29.8 Å². The quantitative estimate of drug-likeness (QED) is 0.615. The lowest BCUT2D eigenvalue weighted by atomic mass is 10.0. The van der Waals surface area contributed by atoms with Gasteiger partial charge < -0.3 is 5.11 Å². The zero-order chi connectivity index (χ0) is 15.0. The summed E-state index contributed by atoms with van der Waals surface area (Å²) in [5, 5.41) is 10.5. The van der Waals surface area contributed by atoms with Crippen molar-refractivity contribution in [2.75, 3.05) is 0 Å². The van der Waals surface area contributed by atoms with Gasteiger partial charge in [0, 0.05) is 19.5 Å². The molecule has 3 aromatic rings. The first-order valence-electron chi connectivity index (χ1n) is 6.14. The minimum atomic E-state index is -0.975. The maximum absolute atomic E-state index is 11.5. The highest BCUT2D eigenvalue weighted by Crippen LogP contribution is 2.27. The Balaban J connectivity index is 2.29. The molecule has 3 nitrogen and oxygen atoms in total. The molecular formula is C16H9ClINO2. The van der Waals surface area contributed by atoms with Gasteiger partial charge in [0.1, 0.15) is 0 Å². The van der Waals surface area contributed by atoms with E-state index in [9.17, 15) is 9.90 Å². The van der Waals surface area contributed by atoms with Crippen molar-refractivity contribution in [2.24, 2.45) is 0 Å². The number of aromatic nitrogens is 1. The van der Waals surface area contributed by atoms with Crippen LogP contribution in [0.5, 0.6) is 0 Å². The number of hydrogen-bond donors (Lipinski definition) is 1. The molecule has 21 heavy (non-hydrogen) atoms. The van der Waals surface area contributed by atoms with Gasteiger partial charge in [0.05, 0.1) is 16.8 Å². The molecule has 1 N–H and O–H groups in total. The monoisotopic (exact) mass is 409 g/mol. The van der Waals surface area contributed by atoms with Crippen molar-refractivity contribution in [1.29, 1.82) is 0 Å². The summed E-state index contributed by atoms with van der Waals surface area (Å²) in [4.78, 5) is 16.0. The van der Waals surface area contributed by atoms with Gasteiger partial charge in [-0.2, -0.15) is 0 Å². The lowest BCUT2D eigenvalue weighted by molar-refractivity contribution is 0.0699. The number of hydrogen-bond acceptors (Lipinski definition) is 2. The molecule has 2 aromatic carbocycles. The molecule has 0 radical (unpaired) electrons.